The molecule has 0 saturated heterocycles. The molecule has 0 atom stereocenters. The Bertz CT molecular complexity index is 610. The van der Waals surface area contributed by atoms with E-state index in [1.807, 2.05) is 36.4 Å². The van der Waals surface area contributed by atoms with Gasteiger partial charge in [-0.2, -0.15) is 0 Å². The van der Waals surface area contributed by atoms with E-state index in [0.717, 1.165) is 25.2 Å². The van der Waals surface area contributed by atoms with Gasteiger partial charge in [0.1, 0.15) is 12.4 Å². The summed E-state index contributed by atoms with van der Waals surface area (Å²) in [4.78, 5) is 0. The average molecular weight is 477 g/mol. The summed E-state index contributed by atoms with van der Waals surface area (Å²) in [7, 11) is 0. The third-order valence-electron chi connectivity index (χ3n) is 4.70. The molecule has 7 heteroatoms. The summed E-state index contributed by atoms with van der Waals surface area (Å²) in [5.74, 6) is 0.853. The average Bonchev–Trinajstić information content (AvgIpc) is 2.88. The zero-order valence-electron chi connectivity index (χ0n) is 20.2. The quantitative estimate of drug-likeness (QED) is 0.226. The van der Waals surface area contributed by atoms with Crippen LogP contribution in [0, 0.1) is 0 Å². The van der Waals surface area contributed by atoms with E-state index in [1.165, 1.54) is 5.56 Å². The highest BCUT2D eigenvalue weighted by Gasteiger charge is 1.96. The van der Waals surface area contributed by atoms with Crippen molar-refractivity contribution >= 4 is 0 Å². The number of hydrogen-bond acceptors (Lipinski definition) is 7. The number of aryl methyl sites for hydroxylation is 1. The lowest BCUT2D eigenvalue weighted by atomic mass is 10.1. The lowest BCUT2D eigenvalue weighted by Gasteiger charge is -2.09. The van der Waals surface area contributed by atoms with Crippen LogP contribution in [0.3, 0.4) is 0 Å². The first-order valence-electron chi connectivity index (χ1n) is 12.1. The minimum absolute atomic E-state index is 0.529. The zero-order valence-corrected chi connectivity index (χ0v) is 20.2. The summed E-state index contributed by atoms with van der Waals surface area (Å²) < 4.78 is 38.5. The van der Waals surface area contributed by atoms with Crippen molar-refractivity contribution in [1.82, 2.24) is 0 Å². The van der Waals surface area contributed by atoms with Gasteiger partial charge in [0.05, 0.1) is 72.7 Å². The number of hydrogen-bond donors (Lipinski definition) is 0. The van der Waals surface area contributed by atoms with Crippen molar-refractivity contribution in [3.8, 4) is 5.75 Å². The molecule has 0 amide bonds. The molecule has 0 aromatic heterocycles. The number of benzene rings is 2. The summed E-state index contributed by atoms with van der Waals surface area (Å²) in [5.41, 5.74) is 1.35. The van der Waals surface area contributed by atoms with Crippen LogP contribution in [0.4, 0.5) is 0 Å². The predicted octanol–water partition coefficient (Wildman–Crippen LogP) is 3.80. The molecule has 0 N–H and O–H groups in total. The smallest absolute Gasteiger partial charge is 0.119 e. The summed E-state index contributed by atoms with van der Waals surface area (Å²) >= 11 is 0. The van der Waals surface area contributed by atoms with E-state index in [4.69, 9.17) is 33.2 Å². The molecule has 0 fully saturated rings. The minimum atomic E-state index is 0.529. The first-order valence-corrected chi connectivity index (χ1v) is 12.1. The molecule has 2 aromatic carbocycles. The molecule has 0 aliphatic heterocycles. The zero-order chi connectivity index (χ0) is 23.8. The number of rotatable bonds is 23. The lowest BCUT2D eigenvalue weighted by Crippen LogP contribution is -2.14. The van der Waals surface area contributed by atoms with E-state index >= 15 is 0 Å². The fourth-order valence-electron chi connectivity index (χ4n) is 2.96. The van der Waals surface area contributed by atoms with Gasteiger partial charge in [-0.15, -0.1) is 0 Å². The van der Waals surface area contributed by atoms with Crippen molar-refractivity contribution in [3.05, 3.63) is 66.2 Å². The SMILES string of the molecule is c1ccc(CCCOCCOCCOCCOCCOCCOCCOc2ccccc2)cc1. The van der Waals surface area contributed by atoms with E-state index in [9.17, 15) is 0 Å². The van der Waals surface area contributed by atoms with E-state index in [0.29, 0.717) is 79.3 Å². The van der Waals surface area contributed by atoms with Gasteiger partial charge in [-0.05, 0) is 30.5 Å². The maximum absolute atomic E-state index is 5.59. The molecule has 190 valence electrons. The summed E-state index contributed by atoms with van der Waals surface area (Å²) in [5, 5.41) is 0. The Morgan fingerprint density at radius 1 is 0.382 bits per heavy atom. The van der Waals surface area contributed by atoms with Gasteiger partial charge >= 0.3 is 0 Å². The standard InChI is InChI=1S/C27H40O7/c1-3-8-26(9-4-1)10-7-13-28-14-15-29-16-17-30-18-19-31-20-21-32-22-23-33-24-25-34-27-11-5-2-6-12-27/h1-6,8-9,11-12H,7,10,13-25H2. The molecule has 0 heterocycles. The molecule has 7 nitrogen and oxygen atoms in total. The normalized spacial score (nSPS) is 11.1. The summed E-state index contributed by atoms with van der Waals surface area (Å²) in [6.45, 7) is 7.40. The fourth-order valence-corrected chi connectivity index (χ4v) is 2.96. The van der Waals surface area contributed by atoms with Gasteiger partial charge in [-0.25, -0.2) is 0 Å². The molecule has 0 spiro atoms. The van der Waals surface area contributed by atoms with Gasteiger partial charge in [0, 0.05) is 6.61 Å². The van der Waals surface area contributed by atoms with Crippen molar-refractivity contribution in [1.29, 1.82) is 0 Å². The van der Waals surface area contributed by atoms with Crippen molar-refractivity contribution in [2.24, 2.45) is 0 Å². The molecular weight excluding hydrogens is 436 g/mol. The highest BCUT2D eigenvalue weighted by molar-refractivity contribution is 5.20. The van der Waals surface area contributed by atoms with Crippen LogP contribution in [-0.2, 0) is 34.8 Å². The Morgan fingerprint density at radius 3 is 1.24 bits per heavy atom. The second-order valence-corrected chi connectivity index (χ2v) is 7.42. The third kappa shape index (κ3) is 16.6. The van der Waals surface area contributed by atoms with Crippen LogP contribution in [0.5, 0.6) is 5.75 Å². The second kappa shape index (κ2) is 21.5. The van der Waals surface area contributed by atoms with Crippen LogP contribution in [-0.4, -0.2) is 85.9 Å². The number of para-hydroxylation sites is 1. The molecule has 0 aliphatic carbocycles. The van der Waals surface area contributed by atoms with Crippen LogP contribution in [0.15, 0.2) is 60.7 Å². The second-order valence-electron chi connectivity index (χ2n) is 7.42. The Labute approximate surface area is 204 Å². The molecule has 2 rings (SSSR count). The maximum atomic E-state index is 5.59. The fraction of sp³-hybridized carbons (Fsp3) is 0.556. The Kier molecular flexibility index (Phi) is 17.9. The molecule has 2 aromatic rings. The van der Waals surface area contributed by atoms with E-state index < -0.39 is 0 Å². The monoisotopic (exact) mass is 476 g/mol. The van der Waals surface area contributed by atoms with E-state index in [2.05, 4.69) is 24.3 Å². The van der Waals surface area contributed by atoms with E-state index in [1.54, 1.807) is 0 Å². The maximum Gasteiger partial charge on any atom is 0.119 e. The number of ether oxygens (including phenoxy) is 7. The predicted molar refractivity (Wildman–Crippen MR) is 132 cm³/mol. The van der Waals surface area contributed by atoms with Gasteiger partial charge in [-0.3, -0.25) is 0 Å². The molecule has 0 bridgehead atoms. The summed E-state index contributed by atoms with van der Waals surface area (Å²) in [6, 6.07) is 20.2. The van der Waals surface area contributed by atoms with E-state index in [-0.39, 0.29) is 0 Å². The molecule has 0 radical (unpaired) electrons. The van der Waals surface area contributed by atoms with Crippen LogP contribution in [0.25, 0.3) is 0 Å². The molecule has 0 aliphatic rings. The van der Waals surface area contributed by atoms with Crippen molar-refractivity contribution in [2.75, 3.05) is 85.9 Å². The highest BCUT2D eigenvalue weighted by Crippen LogP contribution is 2.07. The van der Waals surface area contributed by atoms with Gasteiger partial charge in [-0.1, -0.05) is 48.5 Å². The topological polar surface area (TPSA) is 64.6 Å². The molecule has 0 unspecified atom stereocenters. The van der Waals surface area contributed by atoms with Crippen molar-refractivity contribution in [2.45, 2.75) is 12.8 Å². The Hall–Kier alpha value is -2.00. The third-order valence-corrected chi connectivity index (χ3v) is 4.70. The molecule has 0 saturated carbocycles. The van der Waals surface area contributed by atoms with Gasteiger partial charge in [0.15, 0.2) is 0 Å². The first-order chi connectivity index (χ1) is 16.9. The van der Waals surface area contributed by atoms with Gasteiger partial charge in [0.2, 0.25) is 0 Å². The minimum Gasteiger partial charge on any atom is -0.491 e. The summed E-state index contributed by atoms with van der Waals surface area (Å²) in [6.07, 6.45) is 2.07. The van der Waals surface area contributed by atoms with Gasteiger partial charge < -0.3 is 33.2 Å². The van der Waals surface area contributed by atoms with Crippen molar-refractivity contribution in [3.63, 3.8) is 0 Å². The first kappa shape index (κ1) is 28.2. The van der Waals surface area contributed by atoms with Crippen LogP contribution in [0.2, 0.25) is 0 Å². The van der Waals surface area contributed by atoms with Crippen LogP contribution >= 0.6 is 0 Å². The molecular formula is C27H40O7. The van der Waals surface area contributed by atoms with Crippen molar-refractivity contribution < 1.29 is 33.2 Å². The Balaban J connectivity index is 1.19. The largest absolute Gasteiger partial charge is 0.491 e. The lowest BCUT2D eigenvalue weighted by molar-refractivity contribution is -0.0178. The van der Waals surface area contributed by atoms with Crippen LogP contribution in [0.1, 0.15) is 12.0 Å². The van der Waals surface area contributed by atoms with Crippen LogP contribution < -0.4 is 4.74 Å². The highest BCUT2D eigenvalue weighted by atomic mass is 16.6. The van der Waals surface area contributed by atoms with Gasteiger partial charge in [0.25, 0.3) is 0 Å². The molecule has 34 heavy (non-hydrogen) atoms. The Morgan fingerprint density at radius 2 is 0.765 bits per heavy atom.